The Labute approximate surface area is 137 Å². The van der Waals surface area contributed by atoms with Gasteiger partial charge >= 0.3 is 0 Å². The van der Waals surface area contributed by atoms with E-state index in [1.54, 1.807) is 6.92 Å². The number of carbonyl (C=O) groups excluding carboxylic acids is 1. The average Bonchev–Trinajstić information content (AvgIpc) is 2.98. The largest absolute Gasteiger partial charge is 0.345 e. The third-order valence-electron chi connectivity index (χ3n) is 3.74. The highest BCUT2D eigenvalue weighted by Gasteiger charge is 2.21. The second-order valence-corrected chi connectivity index (χ2v) is 5.52. The molecule has 0 aliphatic carbocycles. The first-order valence-corrected chi connectivity index (χ1v) is 7.46. The van der Waals surface area contributed by atoms with Gasteiger partial charge in [0.2, 0.25) is 0 Å². The van der Waals surface area contributed by atoms with Gasteiger partial charge in [-0.3, -0.25) is 4.79 Å². The minimum absolute atomic E-state index is 0.128. The smallest absolute Gasteiger partial charge is 0.280 e. The summed E-state index contributed by atoms with van der Waals surface area (Å²) in [6.45, 7) is 3.45. The number of aryl methyl sites for hydroxylation is 1. The molecule has 124 valence electrons. The topological polar surface area (TPSA) is 59.3 Å². The van der Waals surface area contributed by atoms with Gasteiger partial charge in [-0.25, -0.2) is 18.3 Å². The van der Waals surface area contributed by atoms with Crippen LogP contribution in [-0.2, 0) is 0 Å². The van der Waals surface area contributed by atoms with E-state index in [9.17, 15) is 13.6 Å². The van der Waals surface area contributed by atoms with Crippen molar-refractivity contribution in [1.82, 2.24) is 19.9 Å². The Morgan fingerprint density at radius 3 is 2.62 bits per heavy atom. The van der Waals surface area contributed by atoms with Gasteiger partial charge in [0.1, 0.15) is 11.3 Å². The molecule has 1 amide bonds. The number of nitrogens with one attached hydrogen (secondary N) is 1. The number of rotatable bonds is 4. The van der Waals surface area contributed by atoms with Crippen LogP contribution in [0.3, 0.4) is 0 Å². The zero-order valence-electron chi connectivity index (χ0n) is 13.2. The molecule has 0 aliphatic heterocycles. The number of hydrogen-bond donors (Lipinski definition) is 1. The van der Waals surface area contributed by atoms with Gasteiger partial charge in [0.15, 0.2) is 5.65 Å². The van der Waals surface area contributed by atoms with E-state index in [1.165, 1.54) is 12.3 Å². The fourth-order valence-corrected chi connectivity index (χ4v) is 2.53. The maximum Gasteiger partial charge on any atom is 0.280 e. The second kappa shape index (κ2) is 6.35. The van der Waals surface area contributed by atoms with Crippen LogP contribution in [0.5, 0.6) is 0 Å². The minimum atomic E-state index is -2.70. The van der Waals surface area contributed by atoms with Crippen LogP contribution in [0.15, 0.2) is 42.6 Å². The molecule has 0 fully saturated rings. The molecular formula is C17H16F2N4O. The van der Waals surface area contributed by atoms with E-state index in [2.05, 4.69) is 15.4 Å². The molecule has 2 heterocycles. The van der Waals surface area contributed by atoms with E-state index in [0.29, 0.717) is 5.69 Å². The fraction of sp³-hybridized carbons (Fsp3) is 0.235. The monoisotopic (exact) mass is 330 g/mol. The van der Waals surface area contributed by atoms with Gasteiger partial charge in [-0.2, -0.15) is 5.10 Å². The normalized spacial score (nSPS) is 12.5. The summed E-state index contributed by atoms with van der Waals surface area (Å²) in [4.78, 5) is 16.7. The number of alkyl halides is 2. The van der Waals surface area contributed by atoms with Crippen molar-refractivity contribution < 1.29 is 13.6 Å². The Hall–Kier alpha value is -2.83. The molecule has 0 spiro atoms. The average molecular weight is 330 g/mol. The van der Waals surface area contributed by atoms with Gasteiger partial charge < -0.3 is 5.32 Å². The first kappa shape index (κ1) is 16.0. The van der Waals surface area contributed by atoms with Crippen molar-refractivity contribution in [3.8, 4) is 0 Å². The maximum absolute atomic E-state index is 13.1. The zero-order chi connectivity index (χ0) is 17.3. The highest BCUT2D eigenvalue weighted by Crippen LogP contribution is 2.22. The van der Waals surface area contributed by atoms with Crippen LogP contribution in [0, 0.1) is 6.92 Å². The van der Waals surface area contributed by atoms with Crippen molar-refractivity contribution in [2.75, 3.05) is 0 Å². The quantitative estimate of drug-likeness (QED) is 0.797. The number of nitrogens with zero attached hydrogens (tertiary/aromatic N) is 3. The van der Waals surface area contributed by atoms with E-state index in [-0.39, 0.29) is 22.9 Å². The summed E-state index contributed by atoms with van der Waals surface area (Å²) in [6, 6.07) is 10.5. The molecule has 1 N–H and O–H groups in total. The Kier molecular flexibility index (Phi) is 4.24. The molecule has 3 aromatic rings. The Morgan fingerprint density at radius 1 is 1.25 bits per heavy atom. The molecule has 1 unspecified atom stereocenters. The van der Waals surface area contributed by atoms with Crippen LogP contribution in [0.4, 0.5) is 8.78 Å². The molecule has 3 rings (SSSR count). The number of hydrogen-bond acceptors (Lipinski definition) is 3. The summed E-state index contributed by atoms with van der Waals surface area (Å²) in [5.74, 6) is -0.403. The summed E-state index contributed by atoms with van der Waals surface area (Å²) in [5, 5.41) is 6.73. The molecular weight excluding hydrogens is 314 g/mol. The van der Waals surface area contributed by atoms with Gasteiger partial charge in [-0.05, 0) is 25.5 Å². The first-order valence-electron chi connectivity index (χ1n) is 7.46. The predicted octanol–water partition coefficient (Wildman–Crippen LogP) is 3.47. The van der Waals surface area contributed by atoms with Gasteiger partial charge in [0.05, 0.1) is 12.2 Å². The minimum Gasteiger partial charge on any atom is -0.345 e. The van der Waals surface area contributed by atoms with Crippen LogP contribution in [0.2, 0.25) is 0 Å². The number of amides is 1. The Balaban J connectivity index is 1.93. The van der Waals surface area contributed by atoms with Crippen LogP contribution in [0.25, 0.3) is 5.65 Å². The molecule has 24 heavy (non-hydrogen) atoms. The third kappa shape index (κ3) is 2.97. The second-order valence-electron chi connectivity index (χ2n) is 5.52. The molecule has 5 nitrogen and oxygen atoms in total. The highest BCUT2D eigenvalue weighted by atomic mass is 19.3. The zero-order valence-corrected chi connectivity index (χ0v) is 13.2. The van der Waals surface area contributed by atoms with Gasteiger partial charge in [0.25, 0.3) is 12.3 Å². The van der Waals surface area contributed by atoms with Crippen LogP contribution < -0.4 is 5.32 Å². The lowest BCUT2D eigenvalue weighted by molar-refractivity contribution is 0.0941. The molecule has 1 aromatic carbocycles. The number of fused-ring (bicyclic) bond motifs is 1. The lowest BCUT2D eigenvalue weighted by atomic mass is 10.1. The molecule has 0 saturated heterocycles. The third-order valence-corrected chi connectivity index (χ3v) is 3.74. The maximum atomic E-state index is 13.1. The fourth-order valence-electron chi connectivity index (χ4n) is 2.53. The van der Waals surface area contributed by atoms with E-state index >= 15 is 0 Å². The Bertz CT molecular complexity index is 877. The van der Waals surface area contributed by atoms with E-state index in [1.807, 2.05) is 37.3 Å². The number of carbonyl (C=O) groups is 1. The van der Waals surface area contributed by atoms with Crippen molar-refractivity contribution in [2.45, 2.75) is 26.3 Å². The van der Waals surface area contributed by atoms with Crippen molar-refractivity contribution in [2.24, 2.45) is 0 Å². The lowest BCUT2D eigenvalue weighted by Gasteiger charge is -2.13. The molecule has 2 aromatic heterocycles. The van der Waals surface area contributed by atoms with Gasteiger partial charge in [-0.1, -0.05) is 30.3 Å². The van der Waals surface area contributed by atoms with Gasteiger partial charge in [-0.15, -0.1) is 0 Å². The highest BCUT2D eigenvalue weighted by molar-refractivity contribution is 5.99. The summed E-state index contributed by atoms with van der Waals surface area (Å²) in [6.07, 6.45) is -1.44. The van der Waals surface area contributed by atoms with Crippen molar-refractivity contribution in [1.29, 1.82) is 0 Å². The van der Waals surface area contributed by atoms with Crippen molar-refractivity contribution in [3.63, 3.8) is 0 Å². The van der Waals surface area contributed by atoms with Crippen LogP contribution in [0.1, 0.15) is 46.7 Å². The standard InChI is InChI=1S/C17H16F2N4O/c1-10-8-14(15(18)19)23-16(21-10)13(9-20-23)17(24)22-11(2)12-6-4-3-5-7-12/h3-9,11,15H,1-2H3,(H,22,24). The molecule has 0 radical (unpaired) electrons. The van der Waals surface area contributed by atoms with Crippen LogP contribution in [-0.4, -0.2) is 20.5 Å². The van der Waals surface area contributed by atoms with Gasteiger partial charge in [0, 0.05) is 5.69 Å². The Morgan fingerprint density at radius 2 is 1.96 bits per heavy atom. The molecule has 0 aliphatic rings. The first-order chi connectivity index (χ1) is 11.5. The van der Waals surface area contributed by atoms with Crippen molar-refractivity contribution >= 4 is 11.6 Å². The summed E-state index contributed by atoms with van der Waals surface area (Å²) >= 11 is 0. The SMILES string of the molecule is Cc1cc(C(F)F)n2ncc(C(=O)NC(C)c3ccccc3)c2n1. The molecule has 1 atom stereocenters. The molecule has 0 bridgehead atoms. The van der Waals surface area contributed by atoms with E-state index in [0.717, 1.165) is 10.1 Å². The lowest BCUT2D eigenvalue weighted by Crippen LogP contribution is -2.26. The summed E-state index contributed by atoms with van der Waals surface area (Å²) in [5.41, 5.74) is 1.36. The van der Waals surface area contributed by atoms with Crippen molar-refractivity contribution in [3.05, 3.63) is 65.1 Å². The summed E-state index contributed by atoms with van der Waals surface area (Å²) in [7, 11) is 0. The number of benzene rings is 1. The number of halogens is 2. The van der Waals surface area contributed by atoms with E-state index < -0.39 is 12.3 Å². The molecule has 7 heteroatoms. The summed E-state index contributed by atoms with van der Waals surface area (Å²) < 4.78 is 27.3. The van der Waals surface area contributed by atoms with Crippen LogP contribution >= 0.6 is 0 Å². The van der Waals surface area contributed by atoms with E-state index in [4.69, 9.17) is 0 Å². The number of aromatic nitrogens is 3. The predicted molar refractivity (Wildman–Crippen MR) is 85.0 cm³/mol. The molecule has 0 saturated carbocycles.